The van der Waals surface area contributed by atoms with Crippen LogP contribution >= 0.6 is 0 Å². The lowest BCUT2D eigenvalue weighted by molar-refractivity contribution is -0.141. The van der Waals surface area contributed by atoms with Gasteiger partial charge in [-0.2, -0.15) is 0 Å². The van der Waals surface area contributed by atoms with E-state index in [0.29, 0.717) is 11.3 Å². The van der Waals surface area contributed by atoms with E-state index in [1.165, 1.54) is 17.0 Å². The van der Waals surface area contributed by atoms with Gasteiger partial charge >= 0.3 is 18.0 Å². The van der Waals surface area contributed by atoms with E-state index in [2.05, 4.69) is 5.32 Å². The van der Waals surface area contributed by atoms with Gasteiger partial charge < -0.3 is 15.2 Å². The molecule has 34 heavy (non-hydrogen) atoms. The predicted molar refractivity (Wildman–Crippen MR) is 126 cm³/mol. The number of carboxylic acids is 1. The van der Waals surface area contributed by atoms with Gasteiger partial charge in [-0.3, -0.25) is 4.90 Å². The van der Waals surface area contributed by atoms with Crippen LogP contribution in [0.15, 0.2) is 96.2 Å². The minimum atomic E-state index is -1.02. The molecule has 0 bridgehead atoms. The number of carbonyl (C=O) groups excluding carboxylic acids is 2. The first-order valence-corrected chi connectivity index (χ1v) is 10.8. The van der Waals surface area contributed by atoms with Gasteiger partial charge in [-0.05, 0) is 35.7 Å². The molecule has 0 spiro atoms. The highest BCUT2D eigenvalue weighted by Crippen LogP contribution is 2.32. The lowest BCUT2D eigenvalue weighted by Crippen LogP contribution is -2.47. The molecule has 0 aromatic heterocycles. The second-order valence-electron chi connectivity index (χ2n) is 7.94. The van der Waals surface area contributed by atoms with Crippen LogP contribution in [0.4, 0.5) is 4.79 Å². The van der Waals surface area contributed by atoms with Crippen LogP contribution < -0.4 is 5.32 Å². The van der Waals surface area contributed by atoms with E-state index in [1.54, 1.807) is 19.1 Å². The van der Waals surface area contributed by atoms with Crippen LogP contribution in [0.2, 0.25) is 0 Å². The Labute approximate surface area is 197 Å². The van der Waals surface area contributed by atoms with Crippen LogP contribution in [0, 0.1) is 0 Å². The van der Waals surface area contributed by atoms with Gasteiger partial charge in [0.25, 0.3) is 0 Å². The van der Waals surface area contributed by atoms with Gasteiger partial charge in [0.05, 0.1) is 23.7 Å². The van der Waals surface area contributed by atoms with Crippen molar-refractivity contribution in [3.05, 3.63) is 118 Å². The molecule has 1 heterocycles. The molecule has 0 radical (unpaired) electrons. The number of amides is 2. The quantitative estimate of drug-likeness (QED) is 0.504. The van der Waals surface area contributed by atoms with Crippen molar-refractivity contribution in [3.8, 4) is 0 Å². The zero-order valence-corrected chi connectivity index (χ0v) is 18.6. The molecule has 7 heteroatoms. The van der Waals surface area contributed by atoms with Crippen molar-refractivity contribution in [2.24, 2.45) is 0 Å². The van der Waals surface area contributed by atoms with Crippen molar-refractivity contribution in [1.29, 1.82) is 0 Å². The average molecular weight is 456 g/mol. The summed E-state index contributed by atoms with van der Waals surface area (Å²) in [7, 11) is 0. The van der Waals surface area contributed by atoms with E-state index in [0.717, 1.165) is 16.7 Å². The summed E-state index contributed by atoms with van der Waals surface area (Å²) in [5.74, 6) is -1.53. The molecular formula is C27H24N2O5. The van der Waals surface area contributed by atoms with Crippen molar-refractivity contribution in [1.82, 2.24) is 10.2 Å². The molecule has 0 saturated carbocycles. The van der Waals surface area contributed by atoms with Crippen molar-refractivity contribution in [2.45, 2.75) is 26.1 Å². The number of benzene rings is 3. The number of hydrogen-bond acceptors (Lipinski definition) is 4. The molecule has 1 atom stereocenters. The molecule has 3 aromatic carbocycles. The number of carbonyl (C=O) groups is 3. The number of nitrogens with zero attached hydrogens (tertiary/aromatic N) is 1. The highest BCUT2D eigenvalue weighted by atomic mass is 16.5. The smallest absolute Gasteiger partial charge is 0.338 e. The summed E-state index contributed by atoms with van der Waals surface area (Å²) in [6.45, 7) is 2.01. The number of ether oxygens (including phenoxy) is 1. The number of carboxylic acid groups (broad SMARTS) is 1. The Morgan fingerprint density at radius 1 is 0.912 bits per heavy atom. The van der Waals surface area contributed by atoms with Crippen LogP contribution in [0.5, 0.6) is 0 Å². The van der Waals surface area contributed by atoms with E-state index in [9.17, 15) is 14.4 Å². The largest absolute Gasteiger partial charge is 0.478 e. The third kappa shape index (κ3) is 4.99. The molecule has 3 aromatic rings. The minimum absolute atomic E-state index is 0.114. The number of allylic oxidation sites excluding steroid dienone is 1. The zero-order chi connectivity index (χ0) is 24.1. The molecule has 0 saturated heterocycles. The van der Waals surface area contributed by atoms with Crippen LogP contribution in [0.3, 0.4) is 0 Å². The minimum Gasteiger partial charge on any atom is -0.478 e. The molecule has 1 aliphatic heterocycles. The lowest BCUT2D eigenvalue weighted by Gasteiger charge is -2.35. The summed E-state index contributed by atoms with van der Waals surface area (Å²) in [4.78, 5) is 38.9. The maximum Gasteiger partial charge on any atom is 0.338 e. The Balaban J connectivity index is 1.65. The number of nitrogens with one attached hydrogen (secondary N) is 1. The van der Waals surface area contributed by atoms with Gasteiger partial charge in [0.1, 0.15) is 6.61 Å². The molecular weight excluding hydrogens is 432 g/mol. The average Bonchev–Trinajstić information content (AvgIpc) is 2.86. The SMILES string of the molecule is CC1=C(C(=O)OCc2ccccc2)C(c2ccccc2)NC(=O)N1Cc1ccc(C(=O)O)cc1. The van der Waals surface area contributed by atoms with Gasteiger partial charge in [0.2, 0.25) is 0 Å². The maximum absolute atomic E-state index is 13.3. The lowest BCUT2D eigenvalue weighted by atomic mass is 9.94. The maximum atomic E-state index is 13.3. The molecule has 7 nitrogen and oxygen atoms in total. The normalized spacial score (nSPS) is 15.6. The highest BCUT2D eigenvalue weighted by molar-refractivity contribution is 5.95. The van der Waals surface area contributed by atoms with E-state index in [1.807, 2.05) is 60.7 Å². The van der Waals surface area contributed by atoms with Crippen molar-refractivity contribution < 1.29 is 24.2 Å². The van der Waals surface area contributed by atoms with Crippen molar-refractivity contribution in [3.63, 3.8) is 0 Å². The third-order valence-electron chi connectivity index (χ3n) is 5.70. The zero-order valence-electron chi connectivity index (χ0n) is 18.6. The molecule has 1 aliphatic rings. The topological polar surface area (TPSA) is 95.9 Å². The Morgan fingerprint density at radius 2 is 1.53 bits per heavy atom. The second-order valence-corrected chi connectivity index (χ2v) is 7.94. The first-order valence-electron chi connectivity index (χ1n) is 10.8. The number of esters is 1. The second kappa shape index (κ2) is 10.0. The molecule has 172 valence electrons. The number of hydrogen-bond donors (Lipinski definition) is 2. The van der Waals surface area contributed by atoms with Gasteiger partial charge in [0, 0.05) is 5.70 Å². The summed E-state index contributed by atoms with van der Waals surface area (Å²) >= 11 is 0. The Morgan fingerprint density at radius 3 is 2.15 bits per heavy atom. The number of rotatable bonds is 7. The fourth-order valence-corrected chi connectivity index (χ4v) is 3.87. The van der Waals surface area contributed by atoms with Crippen LogP contribution in [-0.2, 0) is 22.7 Å². The first kappa shape index (κ1) is 22.8. The van der Waals surface area contributed by atoms with Gasteiger partial charge in [-0.15, -0.1) is 0 Å². The fourth-order valence-electron chi connectivity index (χ4n) is 3.87. The molecule has 0 fully saturated rings. The molecule has 2 N–H and O–H groups in total. The Hall–Kier alpha value is -4.39. The monoisotopic (exact) mass is 456 g/mol. The molecule has 0 aliphatic carbocycles. The van der Waals surface area contributed by atoms with Gasteiger partial charge in [-0.1, -0.05) is 72.8 Å². The van der Waals surface area contributed by atoms with E-state index >= 15 is 0 Å². The van der Waals surface area contributed by atoms with E-state index < -0.39 is 18.0 Å². The fraction of sp³-hybridized carbons (Fsp3) is 0.148. The predicted octanol–water partition coefficient (Wildman–Crippen LogP) is 4.67. The van der Waals surface area contributed by atoms with Crippen LogP contribution in [0.1, 0.15) is 40.0 Å². The van der Waals surface area contributed by atoms with Gasteiger partial charge in [0.15, 0.2) is 0 Å². The van der Waals surface area contributed by atoms with Gasteiger partial charge in [-0.25, -0.2) is 14.4 Å². The molecule has 1 unspecified atom stereocenters. The van der Waals surface area contributed by atoms with E-state index in [4.69, 9.17) is 9.84 Å². The first-order chi connectivity index (χ1) is 16.4. The van der Waals surface area contributed by atoms with Crippen LogP contribution in [-0.4, -0.2) is 28.0 Å². The van der Waals surface area contributed by atoms with Crippen molar-refractivity contribution in [2.75, 3.05) is 0 Å². The van der Waals surface area contributed by atoms with Crippen molar-refractivity contribution >= 4 is 18.0 Å². The molecule has 4 rings (SSSR count). The number of aromatic carboxylic acids is 1. The third-order valence-corrected chi connectivity index (χ3v) is 5.70. The molecule has 2 amide bonds. The summed E-state index contributed by atoms with van der Waals surface area (Å²) in [5, 5.41) is 12.0. The standard InChI is InChI=1S/C27H24N2O5/c1-18-23(26(32)34-17-20-8-4-2-5-9-20)24(21-10-6-3-7-11-21)28-27(33)29(18)16-19-12-14-22(15-13-19)25(30)31/h2-15,24H,16-17H2,1H3,(H,28,33)(H,30,31). The number of urea groups is 1. The summed E-state index contributed by atoms with van der Waals surface area (Å²) in [6.07, 6.45) is 0. The Kier molecular flexibility index (Phi) is 6.73. The summed E-state index contributed by atoms with van der Waals surface area (Å²) in [5.41, 5.74) is 3.36. The van der Waals surface area contributed by atoms with E-state index in [-0.39, 0.29) is 24.7 Å². The highest BCUT2D eigenvalue weighted by Gasteiger charge is 2.36. The summed E-state index contributed by atoms with van der Waals surface area (Å²) in [6, 6.07) is 23.9. The summed E-state index contributed by atoms with van der Waals surface area (Å²) < 4.78 is 5.63. The van der Waals surface area contributed by atoms with Crippen LogP contribution in [0.25, 0.3) is 0 Å². The Bertz CT molecular complexity index is 1220.